The van der Waals surface area contributed by atoms with Gasteiger partial charge >= 0.3 is 0 Å². The van der Waals surface area contributed by atoms with E-state index in [9.17, 15) is 8.42 Å². The molecule has 21 heavy (non-hydrogen) atoms. The first-order valence-electron chi connectivity index (χ1n) is 6.34. The summed E-state index contributed by atoms with van der Waals surface area (Å²) in [5.74, 6) is 0.437. The molecule has 2 rings (SSSR count). The third kappa shape index (κ3) is 3.72. The minimum absolute atomic E-state index is 0.0364. The molecule has 1 heterocycles. The monoisotopic (exact) mass is 325 g/mol. The van der Waals surface area contributed by atoms with Crippen molar-refractivity contribution in [3.05, 3.63) is 53.2 Å². The van der Waals surface area contributed by atoms with Gasteiger partial charge in [0.05, 0.1) is 5.02 Å². The third-order valence-electron chi connectivity index (χ3n) is 2.99. The fraction of sp³-hybridized carbons (Fsp3) is 0.214. The van der Waals surface area contributed by atoms with Gasteiger partial charge in [-0.15, -0.1) is 0 Å². The van der Waals surface area contributed by atoms with Crippen molar-refractivity contribution in [2.45, 2.75) is 17.9 Å². The second-order valence-corrected chi connectivity index (χ2v) is 6.63. The lowest BCUT2D eigenvalue weighted by Crippen LogP contribution is -2.27. The lowest BCUT2D eigenvalue weighted by Gasteiger charge is -2.15. The van der Waals surface area contributed by atoms with Gasteiger partial charge in [-0.3, -0.25) is 0 Å². The molecular formula is C14H16ClN3O2S. The van der Waals surface area contributed by atoms with Crippen LogP contribution in [-0.4, -0.2) is 20.4 Å². The average molecular weight is 326 g/mol. The number of anilines is 1. The average Bonchev–Trinajstić information content (AvgIpc) is 2.47. The maximum atomic E-state index is 12.3. The van der Waals surface area contributed by atoms with E-state index >= 15 is 0 Å². The summed E-state index contributed by atoms with van der Waals surface area (Å²) >= 11 is 5.97. The highest BCUT2D eigenvalue weighted by atomic mass is 35.5. The Hall–Kier alpha value is -1.63. The number of hydrogen-bond donors (Lipinski definition) is 2. The van der Waals surface area contributed by atoms with Crippen LogP contribution in [-0.2, 0) is 10.0 Å². The van der Waals surface area contributed by atoms with Gasteiger partial charge in [0.1, 0.15) is 10.7 Å². The minimum atomic E-state index is -3.68. The van der Waals surface area contributed by atoms with Crippen LogP contribution in [0.4, 0.5) is 5.82 Å². The molecule has 2 aromatic rings. The Bertz CT molecular complexity index is 720. The van der Waals surface area contributed by atoms with Crippen molar-refractivity contribution < 1.29 is 8.42 Å². The first-order valence-corrected chi connectivity index (χ1v) is 8.20. The number of aromatic nitrogens is 1. The minimum Gasteiger partial charge on any atom is -0.372 e. The Labute approximate surface area is 129 Å². The molecule has 5 nitrogen and oxygen atoms in total. The van der Waals surface area contributed by atoms with Crippen LogP contribution in [0.2, 0.25) is 5.02 Å². The summed E-state index contributed by atoms with van der Waals surface area (Å²) in [6, 6.07) is 10.4. The molecule has 0 spiro atoms. The van der Waals surface area contributed by atoms with Gasteiger partial charge in [0.15, 0.2) is 0 Å². The van der Waals surface area contributed by atoms with Gasteiger partial charge in [-0.25, -0.2) is 18.1 Å². The molecule has 0 bridgehead atoms. The number of sulfonamides is 1. The van der Waals surface area contributed by atoms with Gasteiger partial charge in [0.25, 0.3) is 0 Å². The van der Waals surface area contributed by atoms with Gasteiger partial charge in [-0.2, -0.15) is 0 Å². The summed E-state index contributed by atoms with van der Waals surface area (Å²) in [6.07, 6.45) is 1.28. The normalized spacial score (nSPS) is 12.9. The van der Waals surface area contributed by atoms with Crippen molar-refractivity contribution in [1.29, 1.82) is 0 Å². The van der Waals surface area contributed by atoms with E-state index in [1.807, 2.05) is 30.3 Å². The van der Waals surface area contributed by atoms with E-state index in [-0.39, 0.29) is 16.0 Å². The van der Waals surface area contributed by atoms with E-state index < -0.39 is 10.0 Å². The second-order valence-electron chi connectivity index (χ2n) is 4.51. The predicted molar refractivity (Wildman–Crippen MR) is 84.0 cm³/mol. The molecule has 112 valence electrons. The molecule has 1 aromatic carbocycles. The van der Waals surface area contributed by atoms with Gasteiger partial charge in [-0.05, 0) is 18.6 Å². The molecule has 0 radical (unpaired) electrons. The van der Waals surface area contributed by atoms with E-state index in [1.165, 1.54) is 12.3 Å². The van der Waals surface area contributed by atoms with Crippen LogP contribution in [0.25, 0.3) is 0 Å². The molecular weight excluding hydrogens is 310 g/mol. The van der Waals surface area contributed by atoms with Gasteiger partial charge < -0.3 is 5.32 Å². The molecule has 1 unspecified atom stereocenters. The predicted octanol–water partition coefficient (Wildman–Crippen LogP) is 2.82. The summed E-state index contributed by atoms with van der Waals surface area (Å²) < 4.78 is 27.3. The molecule has 0 saturated heterocycles. The fourth-order valence-corrected chi connectivity index (χ4v) is 3.39. The topological polar surface area (TPSA) is 71.1 Å². The van der Waals surface area contributed by atoms with Crippen LogP contribution in [0.3, 0.4) is 0 Å². The SMILES string of the molecule is CNc1ncc(S(=O)(=O)NC(C)c2ccccc2)cc1Cl. The first kappa shape index (κ1) is 15.8. The van der Waals surface area contributed by atoms with E-state index in [1.54, 1.807) is 14.0 Å². The number of nitrogens with one attached hydrogen (secondary N) is 2. The van der Waals surface area contributed by atoms with E-state index in [0.717, 1.165) is 5.56 Å². The molecule has 7 heteroatoms. The van der Waals surface area contributed by atoms with Gasteiger partial charge in [0.2, 0.25) is 10.0 Å². The summed E-state index contributed by atoms with van der Waals surface area (Å²) in [5, 5.41) is 3.04. The fourth-order valence-electron chi connectivity index (χ4n) is 1.86. The number of nitrogens with zero attached hydrogens (tertiary/aromatic N) is 1. The molecule has 2 N–H and O–H groups in total. The van der Waals surface area contributed by atoms with Crippen LogP contribution in [0, 0.1) is 0 Å². The van der Waals surface area contributed by atoms with Crippen LogP contribution in [0.15, 0.2) is 47.5 Å². The molecule has 0 saturated carbocycles. The third-order valence-corrected chi connectivity index (χ3v) is 4.79. The van der Waals surface area contributed by atoms with Crippen molar-refractivity contribution in [3.8, 4) is 0 Å². The quantitative estimate of drug-likeness (QED) is 0.886. The van der Waals surface area contributed by atoms with E-state index in [4.69, 9.17) is 11.6 Å². The number of halogens is 1. The Balaban J connectivity index is 2.24. The van der Waals surface area contributed by atoms with Crippen molar-refractivity contribution in [1.82, 2.24) is 9.71 Å². The number of rotatable bonds is 5. The highest BCUT2D eigenvalue weighted by Gasteiger charge is 2.19. The number of hydrogen-bond acceptors (Lipinski definition) is 4. The van der Waals surface area contributed by atoms with Crippen LogP contribution < -0.4 is 10.0 Å². The molecule has 0 aliphatic rings. The molecule has 0 aliphatic carbocycles. The summed E-state index contributed by atoms with van der Waals surface area (Å²) in [4.78, 5) is 4.02. The van der Waals surface area contributed by atoms with E-state index in [0.29, 0.717) is 5.82 Å². The molecule has 0 fully saturated rings. The second kappa shape index (κ2) is 6.43. The van der Waals surface area contributed by atoms with Crippen molar-refractivity contribution >= 4 is 27.4 Å². The van der Waals surface area contributed by atoms with Gasteiger partial charge in [0, 0.05) is 19.3 Å². The maximum Gasteiger partial charge on any atom is 0.242 e. The zero-order valence-corrected chi connectivity index (χ0v) is 13.2. The highest BCUT2D eigenvalue weighted by Crippen LogP contribution is 2.23. The Morgan fingerprint density at radius 1 is 1.24 bits per heavy atom. The standard InChI is InChI=1S/C14H16ClN3O2S/c1-10(11-6-4-3-5-7-11)18-21(19,20)12-8-13(15)14(16-2)17-9-12/h3-10,18H,1-2H3,(H,16,17). The van der Waals surface area contributed by atoms with Crippen molar-refractivity contribution in [2.24, 2.45) is 0 Å². The number of pyridine rings is 1. The zero-order valence-electron chi connectivity index (χ0n) is 11.7. The van der Waals surface area contributed by atoms with Crippen LogP contribution in [0.5, 0.6) is 0 Å². The van der Waals surface area contributed by atoms with Crippen LogP contribution >= 0.6 is 11.6 Å². The largest absolute Gasteiger partial charge is 0.372 e. The Morgan fingerprint density at radius 2 is 1.90 bits per heavy atom. The van der Waals surface area contributed by atoms with E-state index in [2.05, 4.69) is 15.0 Å². The van der Waals surface area contributed by atoms with Crippen molar-refractivity contribution in [3.63, 3.8) is 0 Å². The molecule has 1 atom stereocenters. The Morgan fingerprint density at radius 3 is 2.48 bits per heavy atom. The lowest BCUT2D eigenvalue weighted by atomic mass is 10.1. The van der Waals surface area contributed by atoms with Crippen molar-refractivity contribution in [2.75, 3.05) is 12.4 Å². The van der Waals surface area contributed by atoms with Crippen LogP contribution in [0.1, 0.15) is 18.5 Å². The highest BCUT2D eigenvalue weighted by molar-refractivity contribution is 7.89. The zero-order chi connectivity index (χ0) is 15.5. The lowest BCUT2D eigenvalue weighted by molar-refractivity contribution is 0.566. The number of benzene rings is 1. The molecule has 1 aromatic heterocycles. The summed E-state index contributed by atoms with van der Waals surface area (Å²) in [6.45, 7) is 1.78. The molecule has 0 amide bonds. The summed E-state index contributed by atoms with van der Waals surface area (Å²) in [7, 11) is -2.02. The molecule has 0 aliphatic heterocycles. The first-order chi connectivity index (χ1) is 9.94. The maximum absolute atomic E-state index is 12.3. The summed E-state index contributed by atoms with van der Waals surface area (Å²) in [5.41, 5.74) is 0.881. The smallest absolute Gasteiger partial charge is 0.242 e. The Kier molecular flexibility index (Phi) is 4.82. The van der Waals surface area contributed by atoms with Gasteiger partial charge in [-0.1, -0.05) is 41.9 Å².